The number of hydrogen-bond donors (Lipinski definition) is 2. The second-order valence-electron chi connectivity index (χ2n) is 4.76. The molecular formula is C15H15N5O2. The van der Waals surface area contributed by atoms with E-state index in [1.54, 1.807) is 23.9 Å². The summed E-state index contributed by atoms with van der Waals surface area (Å²) in [6.07, 6.45) is 3.59. The molecule has 0 atom stereocenters. The van der Waals surface area contributed by atoms with E-state index >= 15 is 0 Å². The molecule has 3 aromatic rings. The third-order valence-corrected chi connectivity index (χ3v) is 3.00. The molecule has 2 N–H and O–H groups in total. The second kappa shape index (κ2) is 6.13. The molecule has 0 spiro atoms. The normalized spacial score (nSPS) is 10.4. The third-order valence-electron chi connectivity index (χ3n) is 3.00. The van der Waals surface area contributed by atoms with Gasteiger partial charge in [0.1, 0.15) is 0 Å². The number of hydrogen-bond acceptors (Lipinski definition) is 4. The van der Waals surface area contributed by atoms with Crippen molar-refractivity contribution < 1.29 is 9.32 Å². The van der Waals surface area contributed by atoms with E-state index in [1.165, 1.54) is 0 Å². The number of anilines is 1. The van der Waals surface area contributed by atoms with Gasteiger partial charge in [-0.15, -0.1) is 0 Å². The molecule has 0 aliphatic carbocycles. The number of rotatable bonds is 4. The highest BCUT2D eigenvalue weighted by Crippen LogP contribution is 2.10. The Morgan fingerprint density at radius 3 is 2.95 bits per heavy atom. The first kappa shape index (κ1) is 13.9. The zero-order chi connectivity index (χ0) is 15.4. The molecule has 22 heavy (non-hydrogen) atoms. The summed E-state index contributed by atoms with van der Waals surface area (Å²) in [5.74, 6) is 0.320. The molecule has 112 valence electrons. The van der Waals surface area contributed by atoms with Crippen LogP contribution in [0.15, 0.2) is 53.3 Å². The van der Waals surface area contributed by atoms with Gasteiger partial charge in [-0.1, -0.05) is 17.3 Å². The van der Waals surface area contributed by atoms with Crippen LogP contribution >= 0.6 is 0 Å². The molecule has 0 saturated carbocycles. The average molecular weight is 297 g/mol. The van der Waals surface area contributed by atoms with Crippen molar-refractivity contribution in [3.63, 3.8) is 0 Å². The van der Waals surface area contributed by atoms with Crippen molar-refractivity contribution in [2.45, 2.75) is 13.5 Å². The maximum absolute atomic E-state index is 11.8. The van der Waals surface area contributed by atoms with E-state index in [4.69, 9.17) is 4.52 Å². The molecule has 0 bridgehead atoms. The van der Waals surface area contributed by atoms with Crippen LogP contribution in [0.2, 0.25) is 0 Å². The number of amides is 2. The molecule has 0 fully saturated rings. The van der Waals surface area contributed by atoms with E-state index in [0.29, 0.717) is 18.1 Å². The fourth-order valence-corrected chi connectivity index (χ4v) is 1.99. The molecule has 0 radical (unpaired) electrons. The Labute approximate surface area is 126 Å². The molecule has 2 amide bonds. The van der Waals surface area contributed by atoms with Crippen LogP contribution in [-0.2, 0) is 6.54 Å². The molecule has 2 heterocycles. The summed E-state index contributed by atoms with van der Waals surface area (Å²) < 4.78 is 6.69. The van der Waals surface area contributed by atoms with Gasteiger partial charge in [-0.2, -0.15) is 5.10 Å². The molecular weight excluding hydrogens is 282 g/mol. The van der Waals surface area contributed by atoms with Gasteiger partial charge in [-0.25, -0.2) is 9.48 Å². The highest BCUT2D eigenvalue weighted by Gasteiger charge is 2.06. The molecule has 0 aliphatic heterocycles. The number of nitrogens with zero attached hydrogens (tertiary/aromatic N) is 3. The Bertz CT molecular complexity index is 764. The number of aryl methyl sites for hydroxylation is 1. The summed E-state index contributed by atoms with van der Waals surface area (Å²) in [5, 5.41) is 13.2. The Kier molecular flexibility index (Phi) is 3.86. The van der Waals surface area contributed by atoms with Gasteiger partial charge in [0.05, 0.1) is 11.4 Å². The topological polar surface area (TPSA) is 85.0 Å². The van der Waals surface area contributed by atoms with Crippen molar-refractivity contribution in [3.05, 3.63) is 60.0 Å². The van der Waals surface area contributed by atoms with Crippen LogP contribution in [-0.4, -0.2) is 21.0 Å². The number of carbonyl (C=O) groups excluding carboxylic acids is 1. The first-order valence-corrected chi connectivity index (χ1v) is 6.78. The monoisotopic (exact) mass is 297 g/mol. The van der Waals surface area contributed by atoms with Gasteiger partial charge >= 0.3 is 6.03 Å². The van der Waals surface area contributed by atoms with E-state index in [2.05, 4.69) is 20.9 Å². The van der Waals surface area contributed by atoms with Crippen LogP contribution in [0.5, 0.6) is 0 Å². The van der Waals surface area contributed by atoms with Crippen LogP contribution in [0.25, 0.3) is 5.69 Å². The van der Waals surface area contributed by atoms with Gasteiger partial charge in [0, 0.05) is 25.0 Å². The van der Waals surface area contributed by atoms with E-state index < -0.39 is 0 Å². The molecule has 0 aliphatic rings. The zero-order valence-electron chi connectivity index (χ0n) is 12.0. The van der Waals surface area contributed by atoms with Crippen molar-refractivity contribution in [2.24, 2.45) is 0 Å². The number of benzene rings is 1. The van der Waals surface area contributed by atoms with Crippen LogP contribution < -0.4 is 10.6 Å². The quantitative estimate of drug-likeness (QED) is 0.774. The summed E-state index contributed by atoms with van der Waals surface area (Å²) in [6, 6.07) is 10.9. The summed E-state index contributed by atoms with van der Waals surface area (Å²) in [5.41, 5.74) is 2.62. The predicted molar refractivity (Wildman–Crippen MR) is 80.7 cm³/mol. The Morgan fingerprint density at radius 1 is 1.32 bits per heavy atom. The minimum absolute atomic E-state index is 0.320. The van der Waals surface area contributed by atoms with Crippen molar-refractivity contribution in [1.82, 2.24) is 20.3 Å². The number of nitrogens with one attached hydrogen (secondary N) is 2. The van der Waals surface area contributed by atoms with E-state index in [1.807, 2.05) is 36.5 Å². The van der Waals surface area contributed by atoms with Gasteiger partial charge in [-0.3, -0.25) is 5.32 Å². The molecule has 7 heteroatoms. The van der Waals surface area contributed by atoms with E-state index in [0.717, 1.165) is 11.3 Å². The highest BCUT2D eigenvalue weighted by atomic mass is 16.5. The molecule has 2 aromatic heterocycles. The lowest BCUT2D eigenvalue weighted by molar-refractivity contribution is 0.251. The largest absolute Gasteiger partial charge is 0.338 e. The first-order valence-electron chi connectivity index (χ1n) is 6.78. The minimum atomic E-state index is -0.347. The Balaban J connectivity index is 1.59. The lowest BCUT2D eigenvalue weighted by atomic mass is 10.2. The molecule has 0 saturated heterocycles. The van der Waals surface area contributed by atoms with E-state index in [-0.39, 0.29) is 6.03 Å². The molecule has 0 unspecified atom stereocenters. The average Bonchev–Trinajstić information content (AvgIpc) is 3.17. The van der Waals surface area contributed by atoms with Gasteiger partial charge in [0.15, 0.2) is 0 Å². The number of aromatic nitrogens is 3. The Morgan fingerprint density at radius 2 is 2.23 bits per heavy atom. The van der Waals surface area contributed by atoms with Crippen molar-refractivity contribution in [3.8, 4) is 5.69 Å². The van der Waals surface area contributed by atoms with Crippen LogP contribution in [0.4, 0.5) is 10.7 Å². The highest BCUT2D eigenvalue weighted by molar-refractivity contribution is 5.87. The maximum Gasteiger partial charge on any atom is 0.321 e. The van der Waals surface area contributed by atoms with Gasteiger partial charge in [0.2, 0.25) is 5.88 Å². The molecule has 1 aromatic carbocycles. The maximum atomic E-state index is 11.8. The van der Waals surface area contributed by atoms with E-state index in [9.17, 15) is 4.79 Å². The summed E-state index contributed by atoms with van der Waals surface area (Å²) in [7, 11) is 0. The van der Waals surface area contributed by atoms with Gasteiger partial charge < -0.3 is 9.84 Å². The van der Waals surface area contributed by atoms with Crippen molar-refractivity contribution in [2.75, 3.05) is 5.32 Å². The van der Waals surface area contributed by atoms with Gasteiger partial charge in [-0.05, 0) is 30.7 Å². The third kappa shape index (κ3) is 3.32. The number of carbonyl (C=O) groups is 1. The van der Waals surface area contributed by atoms with Crippen molar-refractivity contribution >= 4 is 11.9 Å². The lowest BCUT2D eigenvalue weighted by Crippen LogP contribution is -2.28. The predicted octanol–water partition coefficient (Wildman–Crippen LogP) is 2.49. The SMILES string of the molecule is Cc1cc(NC(=O)NCc2cccc(-n3cccn3)c2)on1. The standard InChI is InChI=1S/C15H15N5O2/c1-11-8-14(22-19-11)18-15(21)16-10-12-4-2-5-13(9-12)20-7-3-6-17-20/h2-9H,10H2,1H3,(H2,16,18,21). The smallest absolute Gasteiger partial charge is 0.321 e. The number of urea groups is 1. The first-order chi connectivity index (χ1) is 10.7. The van der Waals surface area contributed by atoms with Crippen LogP contribution in [0.3, 0.4) is 0 Å². The lowest BCUT2D eigenvalue weighted by Gasteiger charge is -2.07. The summed E-state index contributed by atoms with van der Waals surface area (Å²) in [4.78, 5) is 11.8. The molecule has 3 rings (SSSR count). The van der Waals surface area contributed by atoms with Crippen LogP contribution in [0, 0.1) is 6.92 Å². The zero-order valence-corrected chi connectivity index (χ0v) is 12.0. The fraction of sp³-hybridized carbons (Fsp3) is 0.133. The second-order valence-corrected chi connectivity index (χ2v) is 4.76. The summed E-state index contributed by atoms with van der Waals surface area (Å²) >= 11 is 0. The summed E-state index contributed by atoms with van der Waals surface area (Å²) in [6.45, 7) is 2.18. The molecule has 7 nitrogen and oxygen atoms in total. The van der Waals surface area contributed by atoms with Crippen molar-refractivity contribution in [1.29, 1.82) is 0 Å². The van der Waals surface area contributed by atoms with Gasteiger partial charge in [0.25, 0.3) is 0 Å². The minimum Gasteiger partial charge on any atom is -0.338 e. The van der Waals surface area contributed by atoms with Crippen LogP contribution in [0.1, 0.15) is 11.3 Å². The Hall–Kier alpha value is -3.09. The fourth-order valence-electron chi connectivity index (χ4n) is 1.99.